The predicted octanol–water partition coefficient (Wildman–Crippen LogP) is 4.40. The van der Waals surface area contributed by atoms with Gasteiger partial charge in [-0.25, -0.2) is 0 Å². The van der Waals surface area contributed by atoms with Gasteiger partial charge in [-0.15, -0.1) is 0 Å². The van der Waals surface area contributed by atoms with Gasteiger partial charge in [0, 0.05) is 17.6 Å². The van der Waals surface area contributed by atoms with Crippen LogP contribution in [-0.2, 0) is 0 Å². The standard InChI is InChI=1S/C18H26ClNO3/c1-11(2)10-23-17-15(19)8-13(9-16(17)22-5)18(21)20(12(3)4)14-6-7-14/h8-9,11-12,14H,6-7,10H2,1-5H3. The van der Waals surface area contributed by atoms with Crippen LogP contribution in [0.4, 0.5) is 0 Å². The molecule has 23 heavy (non-hydrogen) atoms. The first-order valence-corrected chi connectivity index (χ1v) is 8.56. The number of amides is 1. The number of rotatable bonds is 7. The smallest absolute Gasteiger partial charge is 0.254 e. The molecule has 0 aliphatic heterocycles. The van der Waals surface area contributed by atoms with Crippen LogP contribution < -0.4 is 9.47 Å². The van der Waals surface area contributed by atoms with Crippen molar-refractivity contribution in [3.8, 4) is 11.5 Å². The van der Waals surface area contributed by atoms with Crippen molar-refractivity contribution < 1.29 is 14.3 Å². The molecular weight excluding hydrogens is 314 g/mol. The SMILES string of the molecule is COc1cc(C(=O)N(C(C)C)C2CC2)cc(Cl)c1OCC(C)C. The van der Waals surface area contributed by atoms with Crippen molar-refractivity contribution in [2.45, 2.75) is 52.6 Å². The summed E-state index contributed by atoms with van der Waals surface area (Å²) in [7, 11) is 1.56. The summed E-state index contributed by atoms with van der Waals surface area (Å²) < 4.78 is 11.1. The zero-order valence-corrected chi connectivity index (χ0v) is 15.3. The number of halogens is 1. The van der Waals surface area contributed by atoms with Crippen molar-refractivity contribution in [2.75, 3.05) is 13.7 Å². The quantitative estimate of drug-likeness (QED) is 0.739. The van der Waals surface area contributed by atoms with Crippen LogP contribution in [0.1, 0.15) is 50.9 Å². The highest BCUT2D eigenvalue weighted by molar-refractivity contribution is 6.32. The summed E-state index contributed by atoms with van der Waals surface area (Å²) in [5.74, 6) is 1.38. The number of carbonyl (C=O) groups is 1. The summed E-state index contributed by atoms with van der Waals surface area (Å²) in [5.41, 5.74) is 0.546. The van der Waals surface area contributed by atoms with Crippen molar-refractivity contribution in [1.29, 1.82) is 0 Å². The first-order chi connectivity index (χ1) is 10.8. The van der Waals surface area contributed by atoms with Gasteiger partial charge in [0.1, 0.15) is 0 Å². The Morgan fingerprint density at radius 2 is 1.96 bits per heavy atom. The molecule has 0 heterocycles. The molecule has 0 atom stereocenters. The average Bonchev–Trinajstić information content (AvgIpc) is 3.29. The van der Waals surface area contributed by atoms with Crippen molar-refractivity contribution in [1.82, 2.24) is 4.90 Å². The highest BCUT2D eigenvalue weighted by Crippen LogP contribution is 2.38. The third-order valence-corrected chi connectivity index (χ3v) is 4.05. The fraction of sp³-hybridized carbons (Fsp3) is 0.611. The summed E-state index contributed by atoms with van der Waals surface area (Å²) in [6.45, 7) is 8.75. The van der Waals surface area contributed by atoms with Crippen LogP contribution >= 0.6 is 11.6 Å². The van der Waals surface area contributed by atoms with E-state index in [9.17, 15) is 4.79 Å². The van der Waals surface area contributed by atoms with Gasteiger partial charge in [-0.2, -0.15) is 0 Å². The number of carbonyl (C=O) groups excluding carboxylic acids is 1. The highest BCUT2D eigenvalue weighted by atomic mass is 35.5. The van der Waals surface area contributed by atoms with Gasteiger partial charge in [-0.3, -0.25) is 4.79 Å². The third kappa shape index (κ3) is 4.31. The topological polar surface area (TPSA) is 38.8 Å². The lowest BCUT2D eigenvalue weighted by Crippen LogP contribution is -2.38. The molecule has 1 aliphatic rings. The molecule has 0 unspecified atom stereocenters. The summed E-state index contributed by atoms with van der Waals surface area (Å²) in [4.78, 5) is 14.8. The average molecular weight is 340 g/mol. The molecule has 5 heteroatoms. The Morgan fingerprint density at radius 1 is 1.30 bits per heavy atom. The second-order valence-corrected chi connectivity index (χ2v) is 7.14. The Balaban J connectivity index is 2.29. The lowest BCUT2D eigenvalue weighted by Gasteiger charge is -2.27. The molecule has 4 nitrogen and oxygen atoms in total. The van der Waals surface area contributed by atoms with E-state index in [-0.39, 0.29) is 11.9 Å². The van der Waals surface area contributed by atoms with Gasteiger partial charge in [0.25, 0.3) is 5.91 Å². The molecule has 1 aliphatic carbocycles. The minimum absolute atomic E-state index is 0.00175. The largest absolute Gasteiger partial charge is 0.493 e. The van der Waals surface area contributed by atoms with E-state index in [1.807, 2.05) is 18.7 Å². The summed E-state index contributed by atoms with van der Waals surface area (Å²) in [5, 5.41) is 0.410. The molecule has 1 amide bonds. The molecule has 128 valence electrons. The Labute approximate surface area is 143 Å². The molecule has 1 aromatic rings. The van der Waals surface area contributed by atoms with Crippen LogP contribution in [0.15, 0.2) is 12.1 Å². The monoisotopic (exact) mass is 339 g/mol. The van der Waals surface area contributed by atoms with Gasteiger partial charge < -0.3 is 14.4 Å². The van der Waals surface area contributed by atoms with Gasteiger partial charge in [-0.05, 0) is 44.7 Å². The van der Waals surface area contributed by atoms with Crippen LogP contribution in [0.3, 0.4) is 0 Å². The van der Waals surface area contributed by atoms with E-state index in [1.165, 1.54) is 0 Å². The van der Waals surface area contributed by atoms with Crippen molar-refractivity contribution in [2.24, 2.45) is 5.92 Å². The highest BCUT2D eigenvalue weighted by Gasteiger charge is 2.35. The predicted molar refractivity (Wildman–Crippen MR) is 92.7 cm³/mol. The van der Waals surface area contributed by atoms with Gasteiger partial charge >= 0.3 is 0 Å². The summed E-state index contributed by atoms with van der Waals surface area (Å²) in [6.07, 6.45) is 2.15. The second-order valence-electron chi connectivity index (χ2n) is 6.73. The molecule has 2 rings (SSSR count). The second kappa shape index (κ2) is 7.43. The number of hydrogen-bond acceptors (Lipinski definition) is 3. The minimum atomic E-state index is -0.00175. The number of ether oxygens (including phenoxy) is 2. The molecule has 1 saturated carbocycles. The van der Waals surface area contributed by atoms with E-state index in [2.05, 4.69) is 13.8 Å². The molecule has 0 radical (unpaired) electrons. The lowest BCUT2D eigenvalue weighted by atomic mass is 10.1. The fourth-order valence-electron chi connectivity index (χ4n) is 2.56. The number of nitrogens with zero attached hydrogens (tertiary/aromatic N) is 1. The Bertz CT molecular complexity index is 566. The van der Waals surface area contributed by atoms with Gasteiger partial charge in [0.2, 0.25) is 0 Å². The van der Waals surface area contributed by atoms with Crippen LogP contribution in [-0.4, -0.2) is 36.6 Å². The zero-order valence-electron chi connectivity index (χ0n) is 14.6. The van der Waals surface area contributed by atoms with Crippen molar-refractivity contribution in [3.63, 3.8) is 0 Å². The Kier molecular flexibility index (Phi) is 5.79. The molecule has 0 aromatic heterocycles. The first-order valence-electron chi connectivity index (χ1n) is 8.18. The molecule has 1 fully saturated rings. The zero-order chi connectivity index (χ0) is 17.1. The van der Waals surface area contributed by atoms with Crippen molar-refractivity contribution in [3.05, 3.63) is 22.7 Å². The van der Waals surface area contributed by atoms with E-state index >= 15 is 0 Å². The van der Waals surface area contributed by atoms with E-state index in [0.717, 1.165) is 12.8 Å². The minimum Gasteiger partial charge on any atom is -0.493 e. The number of methoxy groups -OCH3 is 1. The molecule has 1 aromatic carbocycles. The normalized spacial score (nSPS) is 14.3. The van der Waals surface area contributed by atoms with Gasteiger partial charge in [0.05, 0.1) is 18.7 Å². The van der Waals surface area contributed by atoms with Gasteiger partial charge in [0.15, 0.2) is 11.5 Å². The summed E-state index contributed by atoms with van der Waals surface area (Å²) >= 11 is 6.34. The van der Waals surface area contributed by atoms with Crippen LogP contribution in [0.5, 0.6) is 11.5 Å². The summed E-state index contributed by atoms with van der Waals surface area (Å²) in [6, 6.07) is 3.92. The van der Waals surface area contributed by atoms with E-state index < -0.39 is 0 Å². The maximum atomic E-state index is 12.8. The van der Waals surface area contributed by atoms with E-state index in [1.54, 1.807) is 19.2 Å². The molecular formula is C18H26ClNO3. The Hall–Kier alpha value is -1.42. The molecule has 0 spiro atoms. The Morgan fingerprint density at radius 3 is 2.43 bits per heavy atom. The molecule has 0 bridgehead atoms. The van der Waals surface area contributed by atoms with Crippen LogP contribution in [0.2, 0.25) is 5.02 Å². The van der Waals surface area contributed by atoms with Crippen molar-refractivity contribution >= 4 is 17.5 Å². The molecule has 0 saturated heterocycles. The maximum Gasteiger partial charge on any atom is 0.254 e. The van der Waals surface area contributed by atoms with E-state index in [0.29, 0.717) is 40.7 Å². The molecule has 0 N–H and O–H groups in total. The van der Waals surface area contributed by atoms with Gasteiger partial charge in [-0.1, -0.05) is 25.4 Å². The number of hydrogen-bond donors (Lipinski definition) is 0. The lowest BCUT2D eigenvalue weighted by molar-refractivity contribution is 0.0690. The number of benzene rings is 1. The van der Waals surface area contributed by atoms with E-state index in [4.69, 9.17) is 21.1 Å². The third-order valence-electron chi connectivity index (χ3n) is 3.77. The van der Waals surface area contributed by atoms with Crippen LogP contribution in [0, 0.1) is 5.92 Å². The first kappa shape index (κ1) is 17.9. The maximum absolute atomic E-state index is 12.8. The fourth-order valence-corrected chi connectivity index (χ4v) is 2.82. The van der Waals surface area contributed by atoms with Crippen LogP contribution in [0.25, 0.3) is 0 Å².